The molecular formula is C12H22ClN3O2. The van der Waals surface area contributed by atoms with Crippen LogP contribution < -0.4 is 5.73 Å². The summed E-state index contributed by atoms with van der Waals surface area (Å²) in [6, 6.07) is 0.233. The molecule has 6 heteroatoms. The quantitative estimate of drug-likeness (QED) is 0.784. The first-order chi connectivity index (χ1) is 8.11. The lowest BCUT2D eigenvalue weighted by Gasteiger charge is -2.31. The number of hydrogen-bond acceptors (Lipinski definition) is 3. The monoisotopic (exact) mass is 275 g/mol. The Balaban J connectivity index is 0.00000162. The van der Waals surface area contributed by atoms with E-state index in [0.717, 1.165) is 25.9 Å². The number of rotatable bonds is 2. The lowest BCUT2D eigenvalue weighted by Crippen LogP contribution is -2.45. The van der Waals surface area contributed by atoms with Crippen molar-refractivity contribution in [1.29, 1.82) is 0 Å². The van der Waals surface area contributed by atoms with E-state index in [4.69, 9.17) is 5.73 Å². The Morgan fingerprint density at radius 2 is 2.00 bits per heavy atom. The van der Waals surface area contributed by atoms with Gasteiger partial charge in [-0.2, -0.15) is 0 Å². The Morgan fingerprint density at radius 3 is 2.50 bits per heavy atom. The molecule has 1 atom stereocenters. The van der Waals surface area contributed by atoms with Crippen molar-refractivity contribution in [3.8, 4) is 0 Å². The summed E-state index contributed by atoms with van der Waals surface area (Å²) in [6.07, 6.45) is 2.14. The molecule has 2 amide bonds. The van der Waals surface area contributed by atoms with E-state index >= 15 is 0 Å². The van der Waals surface area contributed by atoms with Crippen LogP contribution in [-0.4, -0.2) is 53.8 Å². The van der Waals surface area contributed by atoms with E-state index in [0.29, 0.717) is 19.5 Å². The number of nitrogens with two attached hydrogens (primary N) is 1. The molecule has 0 aliphatic carbocycles. The van der Waals surface area contributed by atoms with Crippen LogP contribution in [0.15, 0.2) is 0 Å². The van der Waals surface area contributed by atoms with Gasteiger partial charge in [-0.25, -0.2) is 0 Å². The van der Waals surface area contributed by atoms with Crippen molar-refractivity contribution in [2.75, 3.05) is 26.2 Å². The zero-order chi connectivity index (χ0) is 12.4. The predicted molar refractivity (Wildman–Crippen MR) is 71.4 cm³/mol. The average Bonchev–Trinajstić information content (AvgIpc) is 2.70. The number of nitrogens with zero attached hydrogens (tertiary/aromatic N) is 2. The fourth-order valence-electron chi connectivity index (χ4n) is 2.62. The van der Waals surface area contributed by atoms with Crippen molar-refractivity contribution >= 4 is 24.2 Å². The lowest BCUT2D eigenvalue weighted by atomic mass is 10.0. The van der Waals surface area contributed by atoms with Crippen LogP contribution in [0, 0.1) is 5.92 Å². The normalized spacial score (nSPS) is 25.2. The molecule has 0 aromatic heterocycles. The van der Waals surface area contributed by atoms with Crippen molar-refractivity contribution < 1.29 is 9.59 Å². The van der Waals surface area contributed by atoms with E-state index in [1.54, 1.807) is 4.90 Å². The molecule has 18 heavy (non-hydrogen) atoms. The lowest BCUT2D eigenvalue weighted by molar-refractivity contribution is -0.136. The first-order valence-corrected chi connectivity index (χ1v) is 6.44. The van der Waals surface area contributed by atoms with Crippen LogP contribution in [-0.2, 0) is 9.59 Å². The Hall–Kier alpha value is -0.810. The Morgan fingerprint density at radius 1 is 1.39 bits per heavy atom. The molecule has 2 saturated heterocycles. The highest BCUT2D eigenvalue weighted by atomic mass is 35.5. The van der Waals surface area contributed by atoms with Gasteiger partial charge < -0.3 is 15.5 Å². The molecule has 2 rings (SSSR count). The second-order valence-corrected chi connectivity index (χ2v) is 5.00. The van der Waals surface area contributed by atoms with Gasteiger partial charge >= 0.3 is 0 Å². The highest BCUT2D eigenvalue weighted by molar-refractivity contribution is 5.89. The highest BCUT2D eigenvalue weighted by Crippen LogP contribution is 2.21. The minimum absolute atomic E-state index is 0. The standard InChI is InChI=1S/C12H21N3O2.ClH/c1-2-14-8-9(7-11(14)16)12(17)15-5-3-10(13)4-6-15;/h9-10H,2-8,13H2,1H3;1H. The Labute approximate surface area is 114 Å². The molecule has 2 N–H and O–H groups in total. The van der Waals surface area contributed by atoms with Gasteiger partial charge in [0.2, 0.25) is 11.8 Å². The van der Waals surface area contributed by atoms with Crippen molar-refractivity contribution in [3.63, 3.8) is 0 Å². The molecule has 2 aliphatic heterocycles. The number of hydrogen-bond donors (Lipinski definition) is 1. The van der Waals surface area contributed by atoms with Crippen molar-refractivity contribution in [2.45, 2.75) is 32.2 Å². The number of piperidine rings is 1. The second kappa shape index (κ2) is 6.38. The molecule has 2 fully saturated rings. The summed E-state index contributed by atoms with van der Waals surface area (Å²) in [5, 5.41) is 0. The van der Waals surface area contributed by atoms with Crippen LogP contribution in [0.3, 0.4) is 0 Å². The third kappa shape index (κ3) is 3.14. The average molecular weight is 276 g/mol. The molecule has 2 aliphatic rings. The third-order valence-electron chi connectivity index (χ3n) is 3.80. The predicted octanol–water partition coefficient (Wildman–Crippen LogP) is 0.226. The van der Waals surface area contributed by atoms with E-state index < -0.39 is 0 Å². The van der Waals surface area contributed by atoms with Crippen LogP contribution in [0.25, 0.3) is 0 Å². The minimum atomic E-state index is -0.128. The Bertz CT molecular complexity index is 316. The molecule has 0 saturated carbocycles. The summed E-state index contributed by atoms with van der Waals surface area (Å²) in [6.45, 7) is 4.74. The first-order valence-electron chi connectivity index (χ1n) is 6.44. The molecule has 0 radical (unpaired) electrons. The molecule has 0 aromatic rings. The zero-order valence-electron chi connectivity index (χ0n) is 10.8. The largest absolute Gasteiger partial charge is 0.342 e. The first kappa shape index (κ1) is 15.2. The van der Waals surface area contributed by atoms with Gasteiger partial charge in [-0.1, -0.05) is 0 Å². The summed E-state index contributed by atoms with van der Waals surface area (Å²) in [4.78, 5) is 27.4. The van der Waals surface area contributed by atoms with Gasteiger partial charge in [0.25, 0.3) is 0 Å². The van der Waals surface area contributed by atoms with E-state index in [1.807, 2.05) is 11.8 Å². The van der Waals surface area contributed by atoms with Crippen LogP contribution >= 0.6 is 12.4 Å². The number of amides is 2. The van der Waals surface area contributed by atoms with Gasteiger partial charge in [0, 0.05) is 38.6 Å². The Kier molecular flexibility index (Phi) is 5.41. The van der Waals surface area contributed by atoms with Gasteiger partial charge in [-0.15, -0.1) is 12.4 Å². The SMILES string of the molecule is CCN1CC(C(=O)N2CCC(N)CC2)CC1=O.Cl. The number of carbonyl (C=O) groups is 2. The van der Waals surface area contributed by atoms with E-state index in [2.05, 4.69) is 0 Å². The molecule has 0 aromatic carbocycles. The summed E-state index contributed by atoms with van der Waals surface area (Å²) < 4.78 is 0. The van der Waals surface area contributed by atoms with Gasteiger partial charge in [0.05, 0.1) is 5.92 Å². The van der Waals surface area contributed by atoms with E-state index in [-0.39, 0.29) is 36.2 Å². The van der Waals surface area contributed by atoms with Crippen molar-refractivity contribution in [3.05, 3.63) is 0 Å². The molecule has 0 bridgehead atoms. The molecule has 1 unspecified atom stereocenters. The van der Waals surface area contributed by atoms with Gasteiger partial charge in [0.1, 0.15) is 0 Å². The summed E-state index contributed by atoms with van der Waals surface area (Å²) in [5.74, 6) is 0.123. The van der Waals surface area contributed by atoms with Gasteiger partial charge in [0.15, 0.2) is 0 Å². The molecule has 0 spiro atoms. The zero-order valence-corrected chi connectivity index (χ0v) is 11.6. The van der Waals surface area contributed by atoms with Gasteiger partial charge in [-0.3, -0.25) is 9.59 Å². The fourth-order valence-corrected chi connectivity index (χ4v) is 2.62. The highest BCUT2D eigenvalue weighted by Gasteiger charge is 2.36. The van der Waals surface area contributed by atoms with Crippen LogP contribution in [0.5, 0.6) is 0 Å². The summed E-state index contributed by atoms with van der Waals surface area (Å²) in [7, 11) is 0. The van der Waals surface area contributed by atoms with Crippen LogP contribution in [0.4, 0.5) is 0 Å². The maximum atomic E-state index is 12.2. The maximum absolute atomic E-state index is 12.2. The fraction of sp³-hybridized carbons (Fsp3) is 0.833. The smallest absolute Gasteiger partial charge is 0.227 e. The third-order valence-corrected chi connectivity index (χ3v) is 3.80. The molecule has 104 valence electrons. The minimum Gasteiger partial charge on any atom is -0.342 e. The molecular weight excluding hydrogens is 254 g/mol. The summed E-state index contributed by atoms with van der Waals surface area (Å²) >= 11 is 0. The van der Waals surface area contributed by atoms with Crippen molar-refractivity contribution in [2.24, 2.45) is 11.7 Å². The molecule has 2 heterocycles. The topological polar surface area (TPSA) is 66.6 Å². The van der Waals surface area contributed by atoms with E-state index in [9.17, 15) is 9.59 Å². The van der Waals surface area contributed by atoms with Gasteiger partial charge in [-0.05, 0) is 19.8 Å². The van der Waals surface area contributed by atoms with Crippen molar-refractivity contribution in [1.82, 2.24) is 9.80 Å². The van der Waals surface area contributed by atoms with Crippen LogP contribution in [0.1, 0.15) is 26.2 Å². The maximum Gasteiger partial charge on any atom is 0.227 e. The number of likely N-dealkylation sites (tertiary alicyclic amines) is 2. The second-order valence-electron chi connectivity index (χ2n) is 5.00. The molecule has 5 nitrogen and oxygen atoms in total. The summed E-state index contributed by atoms with van der Waals surface area (Å²) in [5.41, 5.74) is 5.82. The number of halogens is 1. The van der Waals surface area contributed by atoms with E-state index in [1.165, 1.54) is 0 Å². The number of carbonyl (C=O) groups excluding carboxylic acids is 2. The van der Waals surface area contributed by atoms with Crippen LogP contribution in [0.2, 0.25) is 0 Å².